The summed E-state index contributed by atoms with van der Waals surface area (Å²) in [5.41, 5.74) is 10.1. The first-order valence-corrected chi connectivity index (χ1v) is 13.3. The number of carbonyl (C=O) groups excluding carboxylic acids is 2. The molecule has 0 aliphatic carbocycles. The van der Waals surface area contributed by atoms with Crippen LogP contribution in [0, 0.1) is 0 Å². The van der Waals surface area contributed by atoms with E-state index in [9.17, 15) is 18.0 Å². The predicted octanol–water partition coefficient (Wildman–Crippen LogP) is 4.39. The largest absolute Gasteiger partial charge is 0.370 e. The topological polar surface area (TPSA) is 120 Å². The van der Waals surface area contributed by atoms with Crippen molar-refractivity contribution in [2.45, 2.75) is 121 Å². The van der Waals surface area contributed by atoms with Gasteiger partial charge in [-0.25, -0.2) is 8.42 Å². The Morgan fingerprint density at radius 1 is 0.655 bits per heavy atom. The molecule has 0 bridgehead atoms. The number of nitrogens with two attached hydrogens (primary N) is 2. The summed E-state index contributed by atoms with van der Waals surface area (Å²) in [5, 5.41) is -1.49. The SMILES string of the molecule is CCCCCCCCCCCCCCCCCCS(=O)(=O)C(CC(N)=O)C(N)=O. The van der Waals surface area contributed by atoms with E-state index in [4.69, 9.17) is 11.5 Å². The molecular weight excluding hydrogens is 388 g/mol. The Hall–Kier alpha value is -1.11. The first-order valence-electron chi connectivity index (χ1n) is 11.6. The maximum absolute atomic E-state index is 12.1. The second-order valence-electron chi connectivity index (χ2n) is 8.23. The maximum Gasteiger partial charge on any atom is 0.236 e. The number of carbonyl (C=O) groups is 2. The zero-order chi connectivity index (χ0) is 22.0. The molecule has 29 heavy (non-hydrogen) atoms. The molecule has 0 aromatic carbocycles. The predicted molar refractivity (Wildman–Crippen MR) is 120 cm³/mol. The highest BCUT2D eigenvalue weighted by molar-refractivity contribution is 7.92. The molecule has 172 valence electrons. The third-order valence-electron chi connectivity index (χ3n) is 5.42. The van der Waals surface area contributed by atoms with Crippen LogP contribution < -0.4 is 11.5 Å². The molecule has 2 amide bonds. The van der Waals surface area contributed by atoms with E-state index in [1.807, 2.05) is 0 Å². The standard InChI is InChI=1S/C22H44N2O4S/c1-2-3-4-5-6-7-8-9-10-11-12-13-14-15-16-17-18-29(27,28)20(22(24)26)19-21(23)25/h20H,2-19H2,1H3,(H2,23,25)(H2,24,26). The Morgan fingerprint density at radius 3 is 1.31 bits per heavy atom. The molecule has 0 aromatic rings. The van der Waals surface area contributed by atoms with Gasteiger partial charge in [0, 0.05) is 0 Å². The number of rotatable bonds is 21. The van der Waals surface area contributed by atoms with E-state index >= 15 is 0 Å². The lowest BCUT2D eigenvalue weighted by molar-refractivity contribution is -0.122. The number of unbranched alkanes of at least 4 members (excludes halogenated alkanes) is 15. The molecule has 1 unspecified atom stereocenters. The monoisotopic (exact) mass is 432 g/mol. The van der Waals surface area contributed by atoms with Gasteiger partial charge in [-0.05, 0) is 6.42 Å². The van der Waals surface area contributed by atoms with E-state index in [1.54, 1.807) is 0 Å². The molecule has 0 aliphatic heterocycles. The normalized spacial score (nSPS) is 12.7. The first-order chi connectivity index (χ1) is 13.8. The van der Waals surface area contributed by atoms with Crippen LogP contribution in [0.1, 0.15) is 116 Å². The van der Waals surface area contributed by atoms with E-state index < -0.39 is 33.3 Å². The van der Waals surface area contributed by atoms with E-state index in [2.05, 4.69) is 6.92 Å². The number of amides is 2. The van der Waals surface area contributed by atoms with Gasteiger partial charge in [0.1, 0.15) is 5.25 Å². The van der Waals surface area contributed by atoms with Crippen molar-refractivity contribution in [2.75, 3.05) is 5.75 Å². The number of primary amides is 2. The van der Waals surface area contributed by atoms with Gasteiger partial charge in [0.05, 0.1) is 12.2 Å². The fraction of sp³-hybridized carbons (Fsp3) is 0.909. The second kappa shape index (κ2) is 17.7. The quantitative estimate of drug-likeness (QED) is 0.261. The van der Waals surface area contributed by atoms with Crippen molar-refractivity contribution >= 4 is 21.7 Å². The Balaban J connectivity index is 3.57. The van der Waals surface area contributed by atoms with Crippen molar-refractivity contribution in [3.05, 3.63) is 0 Å². The first kappa shape index (κ1) is 27.9. The van der Waals surface area contributed by atoms with Crippen molar-refractivity contribution in [3.8, 4) is 0 Å². The van der Waals surface area contributed by atoms with Crippen LogP contribution in [0.2, 0.25) is 0 Å². The lowest BCUT2D eigenvalue weighted by Crippen LogP contribution is -2.40. The molecule has 1 atom stereocenters. The Kier molecular flexibility index (Phi) is 17.0. The molecule has 0 radical (unpaired) electrons. The van der Waals surface area contributed by atoms with Crippen molar-refractivity contribution < 1.29 is 18.0 Å². The molecule has 0 aromatic heterocycles. The van der Waals surface area contributed by atoms with E-state index in [0.717, 1.165) is 19.3 Å². The molecule has 0 saturated heterocycles. The number of hydrogen-bond donors (Lipinski definition) is 2. The number of sulfone groups is 1. The highest BCUT2D eigenvalue weighted by atomic mass is 32.2. The summed E-state index contributed by atoms with van der Waals surface area (Å²) in [6, 6.07) is 0. The molecule has 0 aliphatic rings. The van der Waals surface area contributed by atoms with Crippen LogP contribution in [0.5, 0.6) is 0 Å². The minimum atomic E-state index is -3.71. The summed E-state index contributed by atoms with van der Waals surface area (Å²) in [6.07, 6.45) is 18.9. The average molecular weight is 433 g/mol. The third-order valence-corrected chi connectivity index (χ3v) is 7.54. The lowest BCUT2D eigenvalue weighted by atomic mass is 10.0. The summed E-state index contributed by atoms with van der Waals surface area (Å²) >= 11 is 0. The van der Waals surface area contributed by atoms with Crippen molar-refractivity contribution in [3.63, 3.8) is 0 Å². The maximum atomic E-state index is 12.1. The fourth-order valence-electron chi connectivity index (χ4n) is 3.58. The van der Waals surface area contributed by atoms with Gasteiger partial charge in [-0.15, -0.1) is 0 Å². The second-order valence-corrected chi connectivity index (χ2v) is 10.5. The Morgan fingerprint density at radius 2 is 1.00 bits per heavy atom. The van der Waals surface area contributed by atoms with Crippen LogP contribution in [0.15, 0.2) is 0 Å². The smallest absolute Gasteiger partial charge is 0.236 e. The highest BCUT2D eigenvalue weighted by Gasteiger charge is 2.31. The molecule has 6 nitrogen and oxygen atoms in total. The summed E-state index contributed by atoms with van der Waals surface area (Å²) in [4.78, 5) is 22.2. The van der Waals surface area contributed by atoms with E-state index in [0.29, 0.717) is 6.42 Å². The average Bonchev–Trinajstić information content (AvgIpc) is 2.65. The Labute approximate surface area is 178 Å². The molecule has 0 saturated carbocycles. The number of hydrogen-bond acceptors (Lipinski definition) is 4. The zero-order valence-corrected chi connectivity index (χ0v) is 19.3. The molecular formula is C22H44N2O4S. The third kappa shape index (κ3) is 16.4. The molecule has 0 rings (SSSR count). The van der Waals surface area contributed by atoms with Crippen LogP contribution in [0.25, 0.3) is 0 Å². The van der Waals surface area contributed by atoms with Crippen molar-refractivity contribution in [1.82, 2.24) is 0 Å². The highest BCUT2D eigenvalue weighted by Crippen LogP contribution is 2.15. The van der Waals surface area contributed by atoms with E-state index in [1.165, 1.54) is 77.0 Å². The Bertz CT molecular complexity index is 535. The van der Waals surface area contributed by atoms with Gasteiger partial charge in [-0.2, -0.15) is 0 Å². The van der Waals surface area contributed by atoms with Crippen LogP contribution in [-0.2, 0) is 19.4 Å². The fourth-order valence-corrected chi connectivity index (χ4v) is 5.24. The van der Waals surface area contributed by atoms with Gasteiger partial charge in [-0.3, -0.25) is 9.59 Å². The molecule has 0 fully saturated rings. The summed E-state index contributed by atoms with van der Waals surface area (Å²) in [7, 11) is -3.71. The van der Waals surface area contributed by atoms with E-state index in [-0.39, 0.29) is 5.75 Å². The molecule has 0 spiro atoms. The molecule has 7 heteroatoms. The van der Waals surface area contributed by atoms with Crippen molar-refractivity contribution in [2.24, 2.45) is 11.5 Å². The van der Waals surface area contributed by atoms with Gasteiger partial charge in [-0.1, -0.05) is 103 Å². The summed E-state index contributed by atoms with van der Waals surface area (Å²) in [5.74, 6) is -1.95. The van der Waals surface area contributed by atoms with Crippen LogP contribution in [0.3, 0.4) is 0 Å². The molecule has 4 N–H and O–H groups in total. The minimum absolute atomic E-state index is 0.119. The van der Waals surface area contributed by atoms with Gasteiger partial charge < -0.3 is 11.5 Å². The zero-order valence-electron chi connectivity index (χ0n) is 18.5. The van der Waals surface area contributed by atoms with Crippen LogP contribution in [-0.4, -0.2) is 31.2 Å². The van der Waals surface area contributed by atoms with Crippen molar-refractivity contribution in [1.29, 1.82) is 0 Å². The molecule has 0 heterocycles. The van der Waals surface area contributed by atoms with Crippen LogP contribution >= 0.6 is 0 Å². The summed E-state index contributed by atoms with van der Waals surface area (Å²) in [6.45, 7) is 2.25. The minimum Gasteiger partial charge on any atom is -0.370 e. The lowest BCUT2D eigenvalue weighted by Gasteiger charge is -2.12. The van der Waals surface area contributed by atoms with Gasteiger partial charge >= 0.3 is 0 Å². The van der Waals surface area contributed by atoms with Crippen LogP contribution in [0.4, 0.5) is 0 Å². The van der Waals surface area contributed by atoms with Gasteiger partial charge in [0.25, 0.3) is 0 Å². The van der Waals surface area contributed by atoms with Gasteiger partial charge in [0.2, 0.25) is 11.8 Å². The van der Waals surface area contributed by atoms with Gasteiger partial charge in [0.15, 0.2) is 9.84 Å². The summed E-state index contributed by atoms with van der Waals surface area (Å²) < 4.78 is 24.3.